The number of aryl methyl sites for hydroxylation is 1. The lowest BCUT2D eigenvalue weighted by molar-refractivity contribution is -0.385. The van der Waals surface area contributed by atoms with E-state index in [1.807, 2.05) is 6.07 Å². The van der Waals surface area contributed by atoms with Crippen LogP contribution in [0.15, 0.2) is 18.2 Å². The van der Waals surface area contributed by atoms with Gasteiger partial charge in [-0.3, -0.25) is 15.0 Å². The van der Waals surface area contributed by atoms with Crippen molar-refractivity contribution in [2.75, 3.05) is 39.4 Å². The Kier molecular flexibility index (Phi) is 6.06. The van der Waals surface area contributed by atoms with Crippen molar-refractivity contribution < 1.29 is 14.8 Å². The van der Waals surface area contributed by atoms with Gasteiger partial charge >= 0.3 is 0 Å². The Balaban J connectivity index is 1.83. The second-order valence-corrected chi connectivity index (χ2v) is 6.37. The van der Waals surface area contributed by atoms with Gasteiger partial charge < -0.3 is 15.2 Å². The Bertz CT molecular complexity index is 542. The molecule has 23 heavy (non-hydrogen) atoms. The van der Waals surface area contributed by atoms with Crippen molar-refractivity contribution in [3.05, 3.63) is 39.4 Å². The minimum atomic E-state index is -0.853. The number of ether oxygens (including phenoxy) is 1. The summed E-state index contributed by atoms with van der Waals surface area (Å²) in [6.45, 7) is 8.09. The van der Waals surface area contributed by atoms with Crippen molar-refractivity contribution in [3.8, 4) is 0 Å². The van der Waals surface area contributed by atoms with Gasteiger partial charge in [-0.2, -0.15) is 0 Å². The number of nitro benzene ring substituents is 1. The normalized spacial score (nSPS) is 18.6. The Morgan fingerprint density at radius 2 is 2.13 bits per heavy atom. The second kappa shape index (κ2) is 7.83. The first-order valence-corrected chi connectivity index (χ1v) is 7.84. The molecular formula is C16H25N3O4. The van der Waals surface area contributed by atoms with Gasteiger partial charge in [0, 0.05) is 44.4 Å². The average molecular weight is 323 g/mol. The molecule has 0 aromatic heterocycles. The highest BCUT2D eigenvalue weighted by molar-refractivity contribution is 5.42. The number of nitrogens with one attached hydrogen (secondary N) is 1. The fourth-order valence-corrected chi connectivity index (χ4v) is 2.73. The molecule has 1 aromatic rings. The van der Waals surface area contributed by atoms with Crippen LogP contribution in [-0.2, 0) is 11.3 Å². The van der Waals surface area contributed by atoms with Crippen molar-refractivity contribution in [2.24, 2.45) is 0 Å². The molecule has 0 amide bonds. The second-order valence-electron chi connectivity index (χ2n) is 6.37. The first-order valence-electron chi connectivity index (χ1n) is 7.84. The molecule has 1 heterocycles. The highest BCUT2D eigenvalue weighted by atomic mass is 16.6. The first kappa shape index (κ1) is 17.8. The van der Waals surface area contributed by atoms with Crippen molar-refractivity contribution in [1.29, 1.82) is 0 Å². The Morgan fingerprint density at radius 1 is 1.43 bits per heavy atom. The van der Waals surface area contributed by atoms with E-state index in [9.17, 15) is 15.2 Å². The molecule has 7 nitrogen and oxygen atoms in total. The van der Waals surface area contributed by atoms with Crippen LogP contribution in [0.3, 0.4) is 0 Å². The lowest BCUT2D eigenvalue weighted by Crippen LogP contribution is -2.50. The van der Waals surface area contributed by atoms with Crippen LogP contribution < -0.4 is 5.32 Å². The van der Waals surface area contributed by atoms with Crippen LogP contribution in [0.25, 0.3) is 0 Å². The van der Waals surface area contributed by atoms with E-state index >= 15 is 0 Å². The highest BCUT2D eigenvalue weighted by Crippen LogP contribution is 2.19. The van der Waals surface area contributed by atoms with Gasteiger partial charge in [-0.25, -0.2) is 0 Å². The molecule has 2 rings (SSSR count). The number of nitro groups is 1. The van der Waals surface area contributed by atoms with Crippen LogP contribution >= 0.6 is 0 Å². The quantitative estimate of drug-likeness (QED) is 0.576. The first-order chi connectivity index (χ1) is 10.9. The zero-order valence-electron chi connectivity index (χ0n) is 13.7. The van der Waals surface area contributed by atoms with Crippen LogP contribution in [-0.4, -0.2) is 59.9 Å². The van der Waals surface area contributed by atoms with Crippen molar-refractivity contribution >= 4 is 5.69 Å². The van der Waals surface area contributed by atoms with E-state index < -0.39 is 5.60 Å². The molecule has 0 bridgehead atoms. The number of morpholine rings is 1. The van der Waals surface area contributed by atoms with Crippen LogP contribution in [0.4, 0.5) is 5.69 Å². The fourth-order valence-electron chi connectivity index (χ4n) is 2.73. The Morgan fingerprint density at radius 3 is 2.78 bits per heavy atom. The number of aliphatic hydroxyl groups is 1. The van der Waals surface area contributed by atoms with E-state index in [-0.39, 0.29) is 10.6 Å². The number of nitrogens with zero attached hydrogens (tertiary/aromatic N) is 2. The van der Waals surface area contributed by atoms with Crippen LogP contribution in [0, 0.1) is 17.0 Å². The summed E-state index contributed by atoms with van der Waals surface area (Å²) in [6.07, 6.45) is 0. The molecule has 1 fully saturated rings. The summed E-state index contributed by atoms with van der Waals surface area (Å²) in [4.78, 5) is 12.8. The largest absolute Gasteiger partial charge is 0.388 e. The fraction of sp³-hybridized carbons (Fsp3) is 0.625. The number of hydrogen-bond donors (Lipinski definition) is 2. The third-order valence-corrected chi connectivity index (χ3v) is 3.97. The third kappa shape index (κ3) is 5.54. The maximum atomic E-state index is 11.0. The summed E-state index contributed by atoms with van der Waals surface area (Å²) >= 11 is 0. The van der Waals surface area contributed by atoms with E-state index in [1.54, 1.807) is 26.0 Å². The van der Waals surface area contributed by atoms with Gasteiger partial charge in [-0.05, 0) is 19.4 Å². The molecular weight excluding hydrogens is 298 g/mol. The standard InChI is InChI=1S/C16H25N3O4/c1-13-3-4-14(9-15(13)19(21)22)10-17-11-16(2,20)12-18-5-7-23-8-6-18/h3-4,9,17,20H,5-8,10-12H2,1-2H3. The summed E-state index contributed by atoms with van der Waals surface area (Å²) in [5.41, 5.74) is 0.764. The average Bonchev–Trinajstić information content (AvgIpc) is 2.49. The Hall–Kier alpha value is -1.54. The van der Waals surface area contributed by atoms with Crippen molar-refractivity contribution in [1.82, 2.24) is 10.2 Å². The highest BCUT2D eigenvalue weighted by Gasteiger charge is 2.24. The predicted molar refractivity (Wildman–Crippen MR) is 87.4 cm³/mol. The van der Waals surface area contributed by atoms with E-state index in [4.69, 9.17) is 4.74 Å². The molecule has 1 saturated heterocycles. The zero-order chi connectivity index (χ0) is 16.9. The minimum absolute atomic E-state index is 0.129. The smallest absolute Gasteiger partial charge is 0.272 e. The maximum Gasteiger partial charge on any atom is 0.272 e. The molecule has 0 radical (unpaired) electrons. The molecule has 0 aliphatic carbocycles. The third-order valence-electron chi connectivity index (χ3n) is 3.97. The summed E-state index contributed by atoms with van der Waals surface area (Å²) in [6, 6.07) is 5.20. The molecule has 1 aromatic carbocycles. The van der Waals surface area contributed by atoms with Gasteiger partial charge in [0.2, 0.25) is 0 Å². The van der Waals surface area contributed by atoms with Gasteiger partial charge in [0.15, 0.2) is 0 Å². The van der Waals surface area contributed by atoms with Gasteiger partial charge in [0.05, 0.1) is 23.7 Å². The molecule has 1 aliphatic heterocycles. The summed E-state index contributed by atoms with van der Waals surface area (Å²) in [7, 11) is 0. The SMILES string of the molecule is Cc1ccc(CNCC(C)(O)CN2CCOCC2)cc1[N+](=O)[O-]. The number of hydrogen-bond acceptors (Lipinski definition) is 6. The van der Waals surface area contributed by atoms with Gasteiger partial charge in [0.25, 0.3) is 5.69 Å². The van der Waals surface area contributed by atoms with E-state index in [2.05, 4.69) is 10.2 Å². The maximum absolute atomic E-state index is 11.0. The van der Waals surface area contributed by atoms with Crippen molar-refractivity contribution in [3.63, 3.8) is 0 Å². The number of rotatable bonds is 7. The van der Waals surface area contributed by atoms with Crippen LogP contribution in [0.1, 0.15) is 18.1 Å². The Labute approximate surface area is 136 Å². The lowest BCUT2D eigenvalue weighted by Gasteiger charge is -2.34. The van der Waals surface area contributed by atoms with E-state index in [0.717, 1.165) is 18.7 Å². The molecule has 1 aliphatic rings. The molecule has 1 unspecified atom stereocenters. The van der Waals surface area contributed by atoms with Gasteiger partial charge in [-0.15, -0.1) is 0 Å². The van der Waals surface area contributed by atoms with E-state index in [0.29, 0.717) is 38.4 Å². The molecule has 128 valence electrons. The topological polar surface area (TPSA) is 87.9 Å². The minimum Gasteiger partial charge on any atom is -0.388 e. The molecule has 7 heteroatoms. The molecule has 0 saturated carbocycles. The van der Waals surface area contributed by atoms with E-state index in [1.165, 1.54) is 0 Å². The molecule has 0 spiro atoms. The molecule has 2 N–H and O–H groups in total. The van der Waals surface area contributed by atoms with Crippen LogP contribution in [0.5, 0.6) is 0 Å². The summed E-state index contributed by atoms with van der Waals surface area (Å²) in [5, 5.41) is 24.6. The number of β-amino-alcohol motifs (C(OH)–C–C–N with tert-alkyl or cyclic N) is 1. The van der Waals surface area contributed by atoms with Crippen LogP contribution in [0.2, 0.25) is 0 Å². The number of benzene rings is 1. The molecule has 1 atom stereocenters. The van der Waals surface area contributed by atoms with Crippen molar-refractivity contribution in [2.45, 2.75) is 26.0 Å². The summed E-state index contributed by atoms with van der Waals surface area (Å²) in [5.74, 6) is 0. The van der Waals surface area contributed by atoms with Gasteiger partial charge in [0.1, 0.15) is 0 Å². The zero-order valence-corrected chi connectivity index (χ0v) is 13.7. The monoisotopic (exact) mass is 323 g/mol. The van der Waals surface area contributed by atoms with Gasteiger partial charge in [-0.1, -0.05) is 12.1 Å². The predicted octanol–water partition coefficient (Wildman–Crippen LogP) is 1.08. The lowest BCUT2D eigenvalue weighted by atomic mass is 10.1. The summed E-state index contributed by atoms with van der Waals surface area (Å²) < 4.78 is 5.30.